The van der Waals surface area contributed by atoms with E-state index >= 15 is 0 Å². The van der Waals surface area contributed by atoms with Gasteiger partial charge in [-0.15, -0.1) is 0 Å². The van der Waals surface area contributed by atoms with Crippen molar-refractivity contribution in [3.8, 4) is 17.2 Å². The molecule has 0 saturated carbocycles. The van der Waals surface area contributed by atoms with Gasteiger partial charge in [0.15, 0.2) is 11.6 Å². The van der Waals surface area contributed by atoms with Gasteiger partial charge in [0.1, 0.15) is 28.4 Å². The number of hydrogen-bond acceptors (Lipinski definition) is 5. The van der Waals surface area contributed by atoms with Gasteiger partial charge in [-0.05, 0) is 6.92 Å². The molecule has 18 heavy (non-hydrogen) atoms. The van der Waals surface area contributed by atoms with Gasteiger partial charge in [0.2, 0.25) is 0 Å². The molecule has 0 atom stereocenters. The largest absolute Gasteiger partial charge is 0.507 e. The first-order valence-electron chi connectivity index (χ1n) is 5.49. The molecule has 0 aliphatic heterocycles. The molecule has 0 spiro atoms. The number of ketones is 2. The number of phenols is 1. The summed E-state index contributed by atoms with van der Waals surface area (Å²) in [5.74, 6) is -0.598. The van der Waals surface area contributed by atoms with Crippen molar-refractivity contribution >= 4 is 11.6 Å². The minimum absolute atomic E-state index is 0.0194. The zero-order valence-corrected chi connectivity index (χ0v) is 10.9. The third-order valence-corrected chi connectivity index (χ3v) is 2.60. The van der Waals surface area contributed by atoms with Crippen LogP contribution in [0.25, 0.3) is 0 Å². The summed E-state index contributed by atoms with van der Waals surface area (Å²) in [6.45, 7) is 3.01. The molecule has 0 fully saturated rings. The Balaban J connectivity index is 3.68. The highest BCUT2D eigenvalue weighted by atomic mass is 16.5. The van der Waals surface area contributed by atoms with Crippen LogP contribution in [0.15, 0.2) is 6.07 Å². The fourth-order valence-corrected chi connectivity index (χ4v) is 1.77. The van der Waals surface area contributed by atoms with E-state index < -0.39 is 0 Å². The molecule has 0 bridgehead atoms. The normalized spacial score (nSPS) is 10.0. The predicted molar refractivity (Wildman–Crippen MR) is 65.8 cm³/mol. The standard InChI is InChI=1S/C13H16O5/c1-5-8(15)12-9(16)6-10(17-3)11(7(2)14)13(12)18-4/h6,16H,5H2,1-4H3. The Morgan fingerprint density at radius 3 is 2.22 bits per heavy atom. The van der Waals surface area contributed by atoms with E-state index in [0.717, 1.165) is 0 Å². The van der Waals surface area contributed by atoms with Crippen LogP contribution in [-0.4, -0.2) is 30.9 Å². The fourth-order valence-electron chi connectivity index (χ4n) is 1.77. The van der Waals surface area contributed by atoms with Gasteiger partial charge < -0.3 is 14.6 Å². The van der Waals surface area contributed by atoms with Gasteiger partial charge in [0.25, 0.3) is 0 Å². The molecule has 1 rings (SSSR count). The Hall–Kier alpha value is -2.04. The fraction of sp³-hybridized carbons (Fsp3) is 0.385. The van der Waals surface area contributed by atoms with Crippen LogP contribution in [0.3, 0.4) is 0 Å². The number of methoxy groups -OCH3 is 2. The smallest absolute Gasteiger partial charge is 0.170 e. The molecule has 0 heterocycles. The summed E-state index contributed by atoms with van der Waals surface area (Å²) in [4.78, 5) is 23.4. The maximum Gasteiger partial charge on any atom is 0.170 e. The van der Waals surface area contributed by atoms with Crippen molar-refractivity contribution in [1.82, 2.24) is 0 Å². The lowest BCUT2D eigenvalue weighted by molar-refractivity contribution is 0.0982. The Labute approximate surface area is 105 Å². The molecule has 5 nitrogen and oxygen atoms in total. The summed E-state index contributed by atoms with van der Waals surface area (Å²) in [5, 5.41) is 9.85. The first-order valence-corrected chi connectivity index (χ1v) is 5.49. The number of phenolic OH excluding ortho intramolecular Hbond substituents is 1. The average molecular weight is 252 g/mol. The molecule has 1 aromatic rings. The number of hydrogen-bond donors (Lipinski definition) is 1. The van der Waals surface area contributed by atoms with E-state index in [1.807, 2.05) is 0 Å². The Bertz CT molecular complexity index is 491. The second-order valence-electron chi connectivity index (χ2n) is 3.71. The molecule has 0 saturated heterocycles. The lowest BCUT2D eigenvalue weighted by Gasteiger charge is -2.15. The predicted octanol–water partition coefficient (Wildman–Crippen LogP) is 2.20. The van der Waals surface area contributed by atoms with Crippen LogP contribution >= 0.6 is 0 Å². The van der Waals surface area contributed by atoms with Gasteiger partial charge in [-0.2, -0.15) is 0 Å². The molecular formula is C13H16O5. The molecule has 0 aromatic heterocycles. The van der Waals surface area contributed by atoms with Crippen molar-refractivity contribution in [2.75, 3.05) is 14.2 Å². The van der Waals surface area contributed by atoms with Crippen molar-refractivity contribution in [3.05, 3.63) is 17.2 Å². The van der Waals surface area contributed by atoms with E-state index in [9.17, 15) is 14.7 Å². The lowest BCUT2D eigenvalue weighted by atomic mass is 9.99. The molecule has 5 heteroatoms. The number of benzene rings is 1. The van der Waals surface area contributed by atoms with E-state index in [0.29, 0.717) is 0 Å². The molecule has 1 N–H and O–H groups in total. The summed E-state index contributed by atoms with van der Waals surface area (Å²) < 4.78 is 10.1. The first-order chi connectivity index (χ1) is 8.47. The van der Waals surface area contributed by atoms with Crippen LogP contribution in [-0.2, 0) is 0 Å². The molecule has 0 aliphatic carbocycles. The molecule has 0 amide bonds. The van der Waals surface area contributed by atoms with Crippen LogP contribution in [0.1, 0.15) is 41.0 Å². The number of rotatable bonds is 5. The van der Waals surface area contributed by atoms with Crippen molar-refractivity contribution in [3.63, 3.8) is 0 Å². The summed E-state index contributed by atoms with van der Waals surface area (Å²) in [6.07, 6.45) is 0.202. The Kier molecular flexibility index (Phi) is 4.31. The summed E-state index contributed by atoms with van der Waals surface area (Å²) >= 11 is 0. The van der Waals surface area contributed by atoms with Gasteiger partial charge in [0.05, 0.1) is 14.2 Å². The van der Waals surface area contributed by atoms with Crippen LogP contribution in [0.4, 0.5) is 0 Å². The monoisotopic (exact) mass is 252 g/mol. The minimum atomic E-state index is -0.297. The zero-order chi connectivity index (χ0) is 13.9. The highest BCUT2D eigenvalue weighted by molar-refractivity contribution is 6.08. The van der Waals surface area contributed by atoms with Gasteiger partial charge in [-0.3, -0.25) is 9.59 Å². The third kappa shape index (κ3) is 2.30. The van der Waals surface area contributed by atoms with Crippen LogP contribution in [0.2, 0.25) is 0 Å². The quantitative estimate of drug-likeness (QED) is 0.813. The van der Waals surface area contributed by atoms with Crippen LogP contribution < -0.4 is 9.47 Å². The Morgan fingerprint density at radius 2 is 1.83 bits per heavy atom. The molecule has 0 radical (unpaired) electrons. The maximum absolute atomic E-state index is 11.8. The Morgan fingerprint density at radius 1 is 1.22 bits per heavy atom. The van der Waals surface area contributed by atoms with E-state index in [1.54, 1.807) is 6.92 Å². The van der Waals surface area contributed by atoms with Crippen molar-refractivity contribution in [2.45, 2.75) is 20.3 Å². The molecule has 1 aromatic carbocycles. The number of Topliss-reactive ketones (excluding diaryl/α,β-unsaturated/α-hetero) is 2. The van der Waals surface area contributed by atoms with E-state index in [4.69, 9.17) is 9.47 Å². The van der Waals surface area contributed by atoms with E-state index in [2.05, 4.69) is 0 Å². The highest BCUT2D eigenvalue weighted by Gasteiger charge is 2.25. The van der Waals surface area contributed by atoms with E-state index in [-0.39, 0.29) is 46.4 Å². The summed E-state index contributed by atoms with van der Waals surface area (Å²) in [7, 11) is 2.72. The van der Waals surface area contributed by atoms with Gasteiger partial charge >= 0.3 is 0 Å². The highest BCUT2D eigenvalue weighted by Crippen LogP contribution is 2.39. The van der Waals surface area contributed by atoms with Crippen molar-refractivity contribution in [1.29, 1.82) is 0 Å². The number of carbonyl (C=O) groups excluding carboxylic acids is 2. The molecular weight excluding hydrogens is 236 g/mol. The molecule has 0 unspecified atom stereocenters. The van der Waals surface area contributed by atoms with E-state index in [1.165, 1.54) is 27.2 Å². The summed E-state index contributed by atoms with van der Waals surface area (Å²) in [5.41, 5.74) is 0.181. The maximum atomic E-state index is 11.8. The third-order valence-electron chi connectivity index (χ3n) is 2.60. The second kappa shape index (κ2) is 5.53. The van der Waals surface area contributed by atoms with Gasteiger partial charge in [0, 0.05) is 12.5 Å². The lowest BCUT2D eigenvalue weighted by Crippen LogP contribution is -2.08. The van der Waals surface area contributed by atoms with Crippen molar-refractivity contribution < 1.29 is 24.2 Å². The SMILES string of the molecule is CCC(=O)c1c(O)cc(OC)c(C(C)=O)c1OC. The second-order valence-corrected chi connectivity index (χ2v) is 3.71. The zero-order valence-electron chi connectivity index (χ0n) is 10.9. The molecule has 98 valence electrons. The van der Waals surface area contributed by atoms with Crippen LogP contribution in [0.5, 0.6) is 17.2 Å². The van der Waals surface area contributed by atoms with Gasteiger partial charge in [-0.25, -0.2) is 0 Å². The number of ether oxygens (including phenoxy) is 2. The first kappa shape index (κ1) is 14.0. The number of aromatic hydroxyl groups is 1. The minimum Gasteiger partial charge on any atom is -0.507 e. The average Bonchev–Trinajstić information content (AvgIpc) is 2.35. The summed E-state index contributed by atoms with van der Waals surface area (Å²) in [6, 6.07) is 1.25. The van der Waals surface area contributed by atoms with Crippen LogP contribution in [0, 0.1) is 0 Å². The topological polar surface area (TPSA) is 72.8 Å². The van der Waals surface area contributed by atoms with Crippen molar-refractivity contribution in [2.24, 2.45) is 0 Å². The molecule has 0 aliphatic rings. The number of carbonyl (C=O) groups is 2. The van der Waals surface area contributed by atoms with Gasteiger partial charge in [-0.1, -0.05) is 6.92 Å².